The third kappa shape index (κ3) is 3.27. The fourth-order valence-electron chi connectivity index (χ4n) is 3.81. The summed E-state index contributed by atoms with van der Waals surface area (Å²) in [6.07, 6.45) is 4.03. The van der Waals surface area contributed by atoms with Gasteiger partial charge in [-0.15, -0.1) is 0 Å². The van der Waals surface area contributed by atoms with Crippen LogP contribution in [0.15, 0.2) is 0 Å². The van der Waals surface area contributed by atoms with Gasteiger partial charge in [-0.25, -0.2) is 4.79 Å². The normalized spacial score (nSPS) is 33.6. The van der Waals surface area contributed by atoms with Crippen molar-refractivity contribution in [1.82, 2.24) is 4.90 Å². The van der Waals surface area contributed by atoms with Crippen molar-refractivity contribution < 1.29 is 9.53 Å². The second-order valence-electron chi connectivity index (χ2n) is 7.88. The molecule has 2 saturated heterocycles. The Labute approximate surface area is 123 Å². The van der Waals surface area contributed by atoms with E-state index in [-0.39, 0.29) is 24.2 Å². The van der Waals surface area contributed by atoms with Crippen molar-refractivity contribution in [2.45, 2.75) is 84.0 Å². The van der Waals surface area contributed by atoms with Gasteiger partial charge in [-0.05, 0) is 58.3 Å². The second kappa shape index (κ2) is 5.55. The Kier molecular flexibility index (Phi) is 4.33. The van der Waals surface area contributed by atoms with E-state index in [0.29, 0.717) is 11.8 Å². The Balaban J connectivity index is 2.12. The SMILES string of the molecule is CC(C)CC1C(N)CC2CCC1N2C(=O)OC(C)(C)C. The molecule has 2 rings (SSSR count). The molecule has 0 aromatic carbocycles. The fraction of sp³-hybridized carbons (Fsp3) is 0.938. The molecule has 0 spiro atoms. The van der Waals surface area contributed by atoms with Crippen LogP contribution in [0.3, 0.4) is 0 Å². The summed E-state index contributed by atoms with van der Waals surface area (Å²) in [5.74, 6) is 1.03. The Morgan fingerprint density at radius 2 is 2.00 bits per heavy atom. The zero-order valence-electron chi connectivity index (χ0n) is 13.6. The van der Waals surface area contributed by atoms with Crippen LogP contribution in [-0.2, 0) is 4.74 Å². The Hall–Kier alpha value is -0.770. The van der Waals surface area contributed by atoms with Gasteiger partial charge in [0.05, 0.1) is 0 Å². The lowest BCUT2D eigenvalue weighted by Gasteiger charge is -2.44. The van der Waals surface area contributed by atoms with Gasteiger partial charge in [0.1, 0.15) is 5.60 Å². The zero-order chi connectivity index (χ0) is 15.1. The molecule has 4 atom stereocenters. The lowest BCUT2D eigenvalue weighted by atomic mass is 9.80. The van der Waals surface area contributed by atoms with Crippen molar-refractivity contribution in [3.8, 4) is 0 Å². The number of carbonyl (C=O) groups is 1. The molecule has 0 aromatic rings. The van der Waals surface area contributed by atoms with Gasteiger partial charge >= 0.3 is 6.09 Å². The first-order valence-electron chi connectivity index (χ1n) is 7.96. The molecule has 4 nitrogen and oxygen atoms in total. The third-order valence-corrected chi connectivity index (χ3v) is 4.48. The van der Waals surface area contributed by atoms with Crippen molar-refractivity contribution in [2.24, 2.45) is 17.6 Å². The van der Waals surface area contributed by atoms with Crippen LogP contribution in [0, 0.1) is 11.8 Å². The van der Waals surface area contributed by atoms with Crippen LogP contribution < -0.4 is 5.73 Å². The van der Waals surface area contributed by atoms with Gasteiger partial charge in [0.15, 0.2) is 0 Å². The minimum atomic E-state index is -0.427. The zero-order valence-corrected chi connectivity index (χ0v) is 13.6. The molecule has 2 heterocycles. The summed E-state index contributed by atoms with van der Waals surface area (Å²) in [6.45, 7) is 10.2. The van der Waals surface area contributed by atoms with Gasteiger partial charge in [-0.3, -0.25) is 0 Å². The molecule has 116 valence electrons. The molecule has 2 aliphatic heterocycles. The standard InChI is InChI=1S/C16H30N2O2/c1-10(2)8-12-13(17)9-11-6-7-14(12)18(11)15(19)20-16(3,4)5/h10-14H,6-9,17H2,1-5H3. The highest BCUT2D eigenvalue weighted by molar-refractivity contribution is 5.69. The number of carbonyl (C=O) groups excluding carboxylic acids is 1. The van der Waals surface area contributed by atoms with Crippen molar-refractivity contribution >= 4 is 6.09 Å². The predicted octanol–water partition coefficient (Wildman–Crippen LogP) is 3.15. The van der Waals surface area contributed by atoms with E-state index in [2.05, 4.69) is 13.8 Å². The molecule has 0 aromatic heterocycles. The van der Waals surface area contributed by atoms with Crippen LogP contribution in [0.4, 0.5) is 4.79 Å². The predicted molar refractivity (Wildman–Crippen MR) is 80.4 cm³/mol. The lowest BCUT2D eigenvalue weighted by Crippen LogP contribution is -2.57. The summed E-state index contributed by atoms with van der Waals surface area (Å²) in [4.78, 5) is 14.5. The largest absolute Gasteiger partial charge is 0.444 e. The number of fused-ring (bicyclic) bond motifs is 2. The van der Waals surface area contributed by atoms with E-state index in [1.54, 1.807) is 0 Å². The summed E-state index contributed by atoms with van der Waals surface area (Å²) in [6, 6.07) is 0.794. The molecule has 0 aliphatic carbocycles. The monoisotopic (exact) mass is 282 g/mol. The number of piperidine rings is 1. The van der Waals surface area contributed by atoms with Crippen LogP contribution >= 0.6 is 0 Å². The van der Waals surface area contributed by atoms with Crippen LogP contribution in [0.5, 0.6) is 0 Å². The summed E-state index contributed by atoms with van der Waals surface area (Å²) < 4.78 is 5.59. The third-order valence-electron chi connectivity index (χ3n) is 4.48. The number of nitrogens with two attached hydrogens (primary N) is 1. The highest BCUT2D eigenvalue weighted by Gasteiger charge is 2.49. The smallest absolute Gasteiger partial charge is 0.410 e. The molecule has 1 amide bonds. The first kappa shape index (κ1) is 15.6. The Bertz CT molecular complexity index is 362. The minimum absolute atomic E-state index is 0.148. The van der Waals surface area contributed by atoms with Gasteiger partial charge in [0.2, 0.25) is 0 Å². The Morgan fingerprint density at radius 1 is 1.35 bits per heavy atom. The van der Waals surface area contributed by atoms with Gasteiger partial charge in [-0.1, -0.05) is 13.8 Å². The number of ether oxygens (including phenoxy) is 1. The molecule has 0 saturated carbocycles. The maximum atomic E-state index is 12.5. The van der Waals surface area contributed by atoms with E-state index >= 15 is 0 Å². The van der Waals surface area contributed by atoms with Gasteiger partial charge < -0.3 is 15.4 Å². The fourth-order valence-corrected chi connectivity index (χ4v) is 3.81. The molecular weight excluding hydrogens is 252 g/mol. The number of rotatable bonds is 2. The minimum Gasteiger partial charge on any atom is -0.444 e. The number of amides is 1. The summed E-state index contributed by atoms with van der Waals surface area (Å²) >= 11 is 0. The van der Waals surface area contributed by atoms with Crippen LogP contribution in [-0.4, -0.2) is 34.7 Å². The first-order valence-corrected chi connectivity index (χ1v) is 7.96. The van der Waals surface area contributed by atoms with Crippen LogP contribution in [0.2, 0.25) is 0 Å². The van der Waals surface area contributed by atoms with Crippen molar-refractivity contribution in [3.63, 3.8) is 0 Å². The van der Waals surface area contributed by atoms with Crippen LogP contribution in [0.1, 0.15) is 60.3 Å². The van der Waals surface area contributed by atoms with Crippen molar-refractivity contribution in [3.05, 3.63) is 0 Å². The maximum absolute atomic E-state index is 12.5. The van der Waals surface area contributed by atoms with E-state index < -0.39 is 5.60 Å². The average molecular weight is 282 g/mol. The summed E-state index contributed by atoms with van der Waals surface area (Å²) in [5, 5.41) is 0. The molecule has 0 radical (unpaired) electrons. The first-order chi connectivity index (χ1) is 9.19. The second-order valence-corrected chi connectivity index (χ2v) is 7.88. The molecule has 2 bridgehead atoms. The molecule has 2 N–H and O–H groups in total. The summed E-state index contributed by atoms with van der Waals surface area (Å²) in [5.41, 5.74) is 5.93. The molecule has 2 fully saturated rings. The Morgan fingerprint density at radius 3 is 2.55 bits per heavy atom. The highest BCUT2D eigenvalue weighted by Crippen LogP contribution is 2.41. The number of hydrogen-bond donors (Lipinski definition) is 1. The van der Waals surface area contributed by atoms with Gasteiger partial charge in [0.25, 0.3) is 0 Å². The van der Waals surface area contributed by atoms with Gasteiger partial charge in [0, 0.05) is 18.1 Å². The quantitative estimate of drug-likeness (QED) is 0.846. The van der Waals surface area contributed by atoms with Crippen LogP contribution in [0.25, 0.3) is 0 Å². The van der Waals surface area contributed by atoms with Crippen molar-refractivity contribution in [2.75, 3.05) is 0 Å². The number of hydrogen-bond acceptors (Lipinski definition) is 3. The van der Waals surface area contributed by atoms with E-state index in [1.165, 1.54) is 0 Å². The molecule has 4 heteroatoms. The van der Waals surface area contributed by atoms with Crippen molar-refractivity contribution in [1.29, 1.82) is 0 Å². The van der Waals surface area contributed by atoms with E-state index in [0.717, 1.165) is 25.7 Å². The van der Waals surface area contributed by atoms with E-state index in [4.69, 9.17) is 10.5 Å². The number of nitrogens with zero attached hydrogens (tertiary/aromatic N) is 1. The highest BCUT2D eigenvalue weighted by atomic mass is 16.6. The maximum Gasteiger partial charge on any atom is 0.410 e. The molecular formula is C16H30N2O2. The van der Waals surface area contributed by atoms with E-state index in [9.17, 15) is 4.79 Å². The molecule has 2 aliphatic rings. The van der Waals surface area contributed by atoms with E-state index in [1.807, 2.05) is 25.7 Å². The molecule has 4 unspecified atom stereocenters. The van der Waals surface area contributed by atoms with Gasteiger partial charge in [-0.2, -0.15) is 0 Å². The molecule has 20 heavy (non-hydrogen) atoms. The summed E-state index contributed by atoms with van der Waals surface area (Å²) in [7, 11) is 0. The average Bonchev–Trinajstić information content (AvgIpc) is 2.59. The topological polar surface area (TPSA) is 55.6 Å². The lowest BCUT2D eigenvalue weighted by molar-refractivity contribution is -0.00680.